The van der Waals surface area contributed by atoms with Crippen molar-refractivity contribution >= 4 is 5.91 Å². The standard InChI is InChI=1S/C30H31F6N3O/c1-20-7-8-23(13-21(20)2)14-27-19-38(10-4-6-22-5-3-9-37-18-22)11-12-39(27)28(40)24-15-25(29(31,32)33)17-26(16-24)30(34,35)36/h3,5,7-9,13,15-18,27H,4,6,10-12,14,19H2,1-2H3/t27-/m1/s1. The molecule has 2 heterocycles. The lowest BCUT2D eigenvalue weighted by molar-refractivity contribution is -0.143. The van der Waals surface area contributed by atoms with E-state index in [0.717, 1.165) is 41.6 Å². The molecule has 1 saturated heterocycles. The van der Waals surface area contributed by atoms with Gasteiger partial charge in [0.15, 0.2) is 0 Å². The first-order valence-corrected chi connectivity index (χ1v) is 13.1. The van der Waals surface area contributed by atoms with Crippen LogP contribution in [0.2, 0.25) is 0 Å². The van der Waals surface area contributed by atoms with E-state index >= 15 is 0 Å². The summed E-state index contributed by atoms with van der Waals surface area (Å²) >= 11 is 0. The minimum Gasteiger partial charge on any atom is -0.333 e. The maximum absolute atomic E-state index is 13.6. The second-order valence-electron chi connectivity index (χ2n) is 10.3. The molecule has 0 bridgehead atoms. The number of hydrogen-bond acceptors (Lipinski definition) is 3. The number of halogens is 6. The second-order valence-corrected chi connectivity index (χ2v) is 10.3. The van der Waals surface area contributed by atoms with E-state index in [1.54, 1.807) is 6.20 Å². The van der Waals surface area contributed by atoms with E-state index in [1.807, 2.05) is 50.4 Å². The lowest BCUT2D eigenvalue weighted by atomic mass is 9.97. The minimum atomic E-state index is -5.03. The molecule has 214 valence electrons. The Hall–Kier alpha value is -3.40. The van der Waals surface area contributed by atoms with E-state index in [9.17, 15) is 31.1 Å². The van der Waals surface area contributed by atoms with E-state index in [4.69, 9.17) is 0 Å². The number of aryl methyl sites for hydroxylation is 3. The lowest BCUT2D eigenvalue weighted by Crippen LogP contribution is -2.56. The van der Waals surface area contributed by atoms with Crippen LogP contribution in [0.4, 0.5) is 26.3 Å². The molecule has 2 aromatic carbocycles. The van der Waals surface area contributed by atoms with Crippen molar-refractivity contribution in [2.24, 2.45) is 0 Å². The molecule has 1 aliphatic heterocycles. The van der Waals surface area contributed by atoms with Crippen LogP contribution in [0.1, 0.15) is 50.2 Å². The summed E-state index contributed by atoms with van der Waals surface area (Å²) in [5.41, 5.74) is 0.609. The Morgan fingerprint density at radius 3 is 2.20 bits per heavy atom. The van der Waals surface area contributed by atoms with Crippen molar-refractivity contribution in [3.8, 4) is 0 Å². The minimum absolute atomic E-state index is 0.0452. The lowest BCUT2D eigenvalue weighted by Gasteiger charge is -2.42. The highest BCUT2D eigenvalue weighted by Crippen LogP contribution is 2.37. The molecule has 1 aromatic heterocycles. The molecule has 1 amide bonds. The molecule has 0 spiro atoms. The van der Waals surface area contributed by atoms with Crippen LogP contribution >= 0.6 is 0 Å². The van der Waals surface area contributed by atoms with Crippen molar-refractivity contribution in [1.82, 2.24) is 14.8 Å². The van der Waals surface area contributed by atoms with Gasteiger partial charge in [0.1, 0.15) is 0 Å². The summed E-state index contributed by atoms with van der Waals surface area (Å²) in [6, 6.07) is 10.4. The third kappa shape index (κ3) is 7.41. The average molecular weight is 564 g/mol. The molecule has 0 unspecified atom stereocenters. The number of pyridine rings is 1. The van der Waals surface area contributed by atoms with E-state index < -0.39 is 41.0 Å². The maximum atomic E-state index is 13.6. The van der Waals surface area contributed by atoms with Gasteiger partial charge >= 0.3 is 12.4 Å². The Morgan fingerprint density at radius 1 is 0.900 bits per heavy atom. The Balaban J connectivity index is 1.59. The molecule has 40 heavy (non-hydrogen) atoms. The van der Waals surface area contributed by atoms with Gasteiger partial charge in [-0.25, -0.2) is 0 Å². The summed E-state index contributed by atoms with van der Waals surface area (Å²) in [5, 5.41) is 0. The van der Waals surface area contributed by atoms with Gasteiger partial charge in [0.05, 0.1) is 11.1 Å². The van der Waals surface area contributed by atoms with Crippen LogP contribution in [0.25, 0.3) is 0 Å². The predicted molar refractivity (Wildman–Crippen MR) is 140 cm³/mol. The highest BCUT2D eigenvalue weighted by atomic mass is 19.4. The van der Waals surface area contributed by atoms with Gasteiger partial charge in [-0.3, -0.25) is 14.7 Å². The number of carbonyl (C=O) groups excluding carboxylic acids is 1. The zero-order valence-electron chi connectivity index (χ0n) is 22.3. The van der Waals surface area contributed by atoms with Crippen molar-refractivity contribution in [2.45, 2.75) is 51.5 Å². The molecule has 0 saturated carbocycles. The molecule has 0 radical (unpaired) electrons. The van der Waals surface area contributed by atoms with Crippen molar-refractivity contribution in [3.05, 3.63) is 99.9 Å². The van der Waals surface area contributed by atoms with Crippen molar-refractivity contribution in [3.63, 3.8) is 0 Å². The topological polar surface area (TPSA) is 36.4 Å². The van der Waals surface area contributed by atoms with Crippen LogP contribution in [-0.2, 0) is 25.2 Å². The molecule has 1 atom stereocenters. The van der Waals surface area contributed by atoms with Gasteiger partial charge in [-0.2, -0.15) is 26.3 Å². The maximum Gasteiger partial charge on any atom is 0.416 e. The number of alkyl halides is 6. The number of amides is 1. The summed E-state index contributed by atoms with van der Waals surface area (Å²) in [6.45, 7) is 5.80. The third-order valence-corrected chi connectivity index (χ3v) is 7.37. The van der Waals surface area contributed by atoms with Crippen molar-refractivity contribution in [2.75, 3.05) is 26.2 Å². The first kappa shape index (κ1) is 29.6. The Labute approximate surface area is 229 Å². The van der Waals surface area contributed by atoms with Crippen LogP contribution in [0.5, 0.6) is 0 Å². The second kappa shape index (κ2) is 12.0. The van der Waals surface area contributed by atoms with Gasteiger partial charge in [-0.15, -0.1) is 0 Å². The summed E-state index contributed by atoms with van der Waals surface area (Å²) in [4.78, 5) is 21.3. The summed E-state index contributed by atoms with van der Waals surface area (Å²) < 4.78 is 80.8. The highest BCUT2D eigenvalue weighted by molar-refractivity contribution is 5.95. The molecule has 3 aromatic rings. The van der Waals surface area contributed by atoms with Crippen molar-refractivity contribution in [1.29, 1.82) is 0 Å². The van der Waals surface area contributed by atoms with E-state index in [0.29, 0.717) is 31.6 Å². The van der Waals surface area contributed by atoms with Crippen LogP contribution in [0, 0.1) is 13.8 Å². The molecule has 0 aliphatic carbocycles. The normalized spacial score (nSPS) is 16.8. The highest BCUT2D eigenvalue weighted by Gasteiger charge is 2.39. The smallest absolute Gasteiger partial charge is 0.333 e. The molecule has 10 heteroatoms. The fourth-order valence-corrected chi connectivity index (χ4v) is 5.06. The Kier molecular flexibility index (Phi) is 8.87. The summed E-state index contributed by atoms with van der Waals surface area (Å²) in [6.07, 6.45) is -4.44. The predicted octanol–water partition coefficient (Wildman–Crippen LogP) is 6.74. The third-order valence-electron chi connectivity index (χ3n) is 7.37. The zero-order valence-corrected chi connectivity index (χ0v) is 22.3. The first-order valence-electron chi connectivity index (χ1n) is 13.1. The van der Waals surface area contributed by atoms with Gasteiger partial charge in [-0.1, -0.05) is 24.3 Å². The first-order chi connectivity index (χ1) is 18.8. The number of aromatic nitrogens is 1. The van der Waals surface area contributed by atoms with Crippen LogP contribution < -0.4 is 0 Å². The SMILES string of the molecule is Cc1ccc(C[C@@H]2CN(CCCc3cccnc3)CCN2C(=O)c2cc(C(F)(F)F)cc(C(F)(F)F)c2)cc1C. The monoisotopic (exact) mass is 563 g/mol. The largest absolute Gasteiger partial charge is 0.416 e. The Bertz CT molecular complexity index is 1290. The number of benzene rings is 2. The van der Waals surface area contributed by atoms with Gasteiger partial charge in [0.25, 0.3) is 5.91 Å². The molecule has 1 aliphatic rings. The number of hydrogen-bond donors (Lipinski definition) is 0. The number of nitrogens with zero attached hydrogens (tertiary/aromatic N) is 3. The van der Waals surface area contributed by atoms with Gasteiger partial charge in [0.2, 0.25) is 0 Å². The Morgan fingerprint density at radius 2 is 1.60 bits per heavy atom. The summed E-state index contributed by atoms with van der Waals surface area (Å²) in [7, 11) is 0. The molecule has 0 N–H and O–H groups in total. The molecule has 4 rings (SSSR count). The molecular formula is C30H31F6N3O. The zero-order chi connectivity index (χ0) is 29.1. The molecular weight excluding hydrogens is 532 g/mol. The quantitative estimate of drug-likeness (QED) is 0.299. The fraction of sp³-hybridized carbons (Fsp3) is 0.400. The van der Waals surface area contributed by atoms with Crippen LogP contribution in [0.15, 0.2) is 60.9 Å². The summed E-state index contributed by atoms with van der Waals surface area (Å²) in [5.74, 6) is -0.833. The number of carbonyl (C=O) groups is 1. The number of rotatable bonds is 7. The number of piperazine rings is 1. The van der Waals surface area contributed by atoms with E-state index in [1.165, 1.54) is 4.90 Å². The molecule has 1 fully saturated rings. The van der Waals surface area contributed by atoms with E-state index in [2.05, 4.69) is 9.88 Å². The molecule has 4 nitrogen and oxygen atoms in total. The van der Waals surface area contributed by atoms with Gasteiger partial charge < -0.3 is 4.90 Å². The van der Waals surface area contributed by atoms with E-state index in [-0.39, 0.29) is 12.6 Å². The van der Waals surface area contributed by atoms with Gasteiger partial charge in [0, 0.05) is 43.6 Å². The fourth-order valence-electron chi connectivity index (χ4n) is 5.06. The van der Waals surface area contributed by atoms with Crippen LogP contribution in [0.3, 0.4) is 0 Å². The van der Waals surface area contributed by atoms with Crippen LogP contribution in [-0.4, -0.2) is 52.9 Å². The van der Waals surface area contributed by atoms with Gasteiger partial charge in [-0.05, 0) is 86.2 Å². The van der Waals surface area contributed by atoms with Crippen molar-refractivity contribution < 1.29 is 31.1 Å². The average Bonchev–Trinajstić information content (AvgIpc) is 2.90.